The summed E-state index contributed by atoms with van der Waals surface area (Å²) >= 11 is 6.88. The maximum absolute atomic E-state index is 12.0. The van der Waals surface area contributed by atoms with Crippen molar-refractivity contribution in [1.82, 2.24) is 5.32 Å². The van der Waals surface area contributed by atoms with E-state index in [1.807, 2.05) is 6.07 Å². The van der Waals surface area contributed by atoms with Crippen molar-refractivity contribution < 1.29 is 9.53 Å². The molecule has 1 amide bonds. The number of hydrogen-bond acceptors (Lipinski definition) is 2. The van der Waals surface area contributed by atoms with Crippen molar-refractivity contribution in [3.63, 3.8) is 0 Å². The molecule has 0 saturated carbocycles. The fourth-order valence-electron chi connectivity index (χ4n) is 1.57. The molecule has 0 radical (unpaired) electrons. The Labute approximate surface area is 125 Å². The number of carbonyl (C=O) groups excluding carboxylic acids is 1. The molecule has 0 bridgehead atoms. The van der Waals surface area contributed by atoms with E-state index < -0.39 is 0 Å². The van der Waals surface area contributed by atoms with E-state index >= 15 is 0 Å². The van der Waals surface area contributed by atoms with Crippen LogP contribution in [0.25, 0.3) is 0 Å². The van der Waals surface area contributed by atoms with Crippen LogP contribution in [-0.2, 0) is 0 Å². The zero-order valence-electron chi connectivity index (χ0n) is 10.5. The highest BCUT2D eigenvalue weighted by Gasteiger charge is 2.13. The average molecular weight is 379 g/mol. The van der Waals surface area contributed by atoms with Crippen LogP contribution in [0.5, 0.6) is 5.75 Å². The highest BCUT2D eigenvalue weighted by atomic mass is 79.9. The SMILES string of the molecule is CCCC(Br)CNC(=O)c1ccc(Br)cc1OC. The van der Waals surface area contributed by atoms with Crippen LogP contribution >= 0.6 is 31.9 Å². The van der Waals surface area contributed by atoms with E-state index in [2.05, 4.69) is 44.1 Å². The summed E-state index contributed by atoms with van der Waals surface area (Å²) in [6.45, 7) is 2.74. The van der Waals surface area contributed by atoms with Gasteiger partial charge in [-0.15, -0.1) is 0 Å². The van der Waals surface area contributed by atoms with Gasteiger partial charge in [0.15, 0.2) is 0 Å². The Hall–Kier alpha value is -0.550. The molecule has 0 fully saturated rings. The van der Waals surface area contributed by atoms with E-state index in [0.29, 0.717) is 22.7 Å². The Kier molecular flexibility index (Phi) is 6.71. The normalized spacial score (nSPS) is 12.0. The van der Waals surface area contributed by atoms with Crippen LogP contribution in [0.3, 0.4) is 0 Å². The van der Waals surface area contributed by atoms with Crippen LogP contribution in [0.1, 0.15) is 30.1 Å². The molecule has 5 heteroatoms. The van der Waals surface area contributed by atoms with Crippen LogP contribution in [-0.4, -0.2) is 24.4 Å². The van der Waals surface area contributed by atoms with E-state index in [0.717, 1.165) is 17.3 Å². The molecule has 0 aliphatic rings. The van der Waals surface area contributed by atoms with Crippen molar-refractivity contribution in [2.24, 2.45) is 0 Å². The molecule has 18 heavy (non-hydrogen) atoms. The zero-order chi connectivity index (χ0) is 13.5. The molecule has 1 aromatic carbocycles. The minimum atomic E-state index is -0.111. The number of alkyl halides is 1. The van der Waals surface area contributed by atoms with E-state index in [1.165, 1.54) is 0 Å². The van der Waals surface area contributed by atoms with E-state index in [9.17, 15) is 4.79 Å². The van der Waals surface area contributed by atoms with Gasteiger partial charge in [0.25, 0.3) is 5.91 Å². The second-order valence-corrected chi connectivity index (χ2v) is 6.15. The number of amides is 1. The Bertz CT molecular complexity index is 410. The van der Waals surface area contributed by atoms with Gasteiger partial charge in [-0.05, 0) is 24.6 Å². The second kappa shape index (κ2) is 7.79. The molecule has 1 aromatic rings. The number of rotatable bonds is 6. The van der Waals surface area contributed by atoms with Crippen LogP contribution < -0.4 is 10.1 Å². The largest absolute Gasteiger partial charge is 0.496 e. The number of methoxy groups -OCH3 is 1. The molecular weight excluding hydrogens is 362 g/mol. The highest BCUT2D eigenvalue weighted by molar-refractivity contribution is 9.10. The van der Waals surface area contributed by atoms with Gasteiger partial charge in [-0.3, -0.25) is 4.79 Å². The van der Waals surface area contributed by atoms with Gasteiger partial charge in [0.05, 0.1) is 12.7 Å². The van der Waals surface area contributed by atoms with Crippen LogP contribution in [0.4, 0.5) is 0 Å². The van der Waals surface area contributed by atoms with Gasteiger partial charge in [-0.25, -0.2) is 0 Å². The van der Waals surface area contributed by atoms with E-state index in [1.54, 1.807) is 19.2 Å². The molecule has 1 rings (SSSR count). The van der Waals surface area contributed by atoms with Crippen molar-refractivity contribution in [2.75, 3.05) is 13.7 Å². The molecule has 0 aliphatic heterocycles. The van der Waals surface area contributed by atoms with Crippen LogP contribution in [0, 0.1) is 0 Å². The Morgan fingerprint density at radius 3 is 2.83 bits per heavy atom. The summed E-state index contributed by atoms with van der Waals surface area (Å²) in [6, 6.07) is 5.36. The third-order valence-corrected chi connectivity index (χ3v) is 3.77. The molecule has 0 saturated heterocycles. The maximum Gasteiger partial charge on any atom is 0.255 e. The van der Waals surface area contributed by atoms with Gasteiger partial charge < -0.3 is 10.1 Å². The maximum atomic E-state index is 12.0. The topological polar surface area (TPSA) is 38.3 Å². The van der Waals surface area contributed by atoms with Gasteiger partial charge in [-0.1, -0.05) is 45.2 Å². The standard InChI is InChI=1S/C13H17Br2NO2/c1-3-4-10(15)8-16-13(17)11-6-5-9(14)7-12(11)18-2/h5-7,10H,3-4,8H2,1-2H3,(H,16,17). The lowest BCUT2D eigenvalue weighted by Gasteiger charge is -2.12. The van der Waals surface area contributed by atoms with Gasteiger partial charge in [-0.2, -0.15) is 0 Å². The third kappa shape index (κ3) is 4.61. The lowest BCUT2D eigenvalue weighted by molar-refractivity contribution is 0.0950. The van der Waals surface area contributed by atoms with Gasteiger partial charge in [0.1, 0.15) is 5.75 Å². The summed E-state index contributed by atoms with van der Waals surface area (Å²) in [6.07, 6.45) is 2.13. The van der Waals surface area contributed by atoms with Crippen LogP contribution in [0.2, 0.25) is 0 Å². The van der Waals surface area contributed by atoms with E-state index in [-0.39, 0.29) is 5.91 Å². The van der Waals surface area contributed by atoms with Crippen molar-refractivity contribution >= 4 is 37.8 Å². The molecule has 1 N–H and O–H groups in total. The molecule has 0 spiro atoms. The van der Waals surface area contributed by atoms with Crippen molar-refractivity contribution in [2.45, 2.75) is 24.6 Å². The summed E-state index contributed by atoms with van der Waals surface area (Å²) in [5, 5.41) is 2.90. The smallest absolute Gasteiger partial charge is 0.255 e. The fourth-order valence-corrected chi connectivity index (χ4v) is 2.53. The number of nitrogens with one attached hydrogen (secondary N) is 1. The first-order valence-electron chi connectivity index (χ1n) is 5.84. The minimum Gasteiger partial charge on any atom is -0.496 e. The first kappa shape index (κ1) is 15.5. The fraction of sp³-hybridized carbons (Fsp3) is 0.462. The molecule has 0 aromatic heterocycles. The molecule has 3 nitrogen and oxygen atoms in total. The Morgan fingerprint density at radius 1 is 1.50 bits per heavy atom. The molecule has 1 atom stereocenters. The average Bonchev–Trinajstić information content (AvgIpc) is 2.36. The van der Waals surface area contributed by atoms with Crippen molar-refractivity contribution in [1.29, 1.82) is 0 Å². The molecule has 0 aliphatic carbocycles. The monoisotopic (exact) mass is 377 g/mol. The number of ether oxygens (including phenoxy) is 1. The molecule has 100 valence electrons. The lowest BCUT2D eigenvalue weighted by atomic mass is 10.2. The first-order valence-corrected chi connectivity index (χ1v) is 7.55. The lowest BCUT2D eigenvalue weighted by Crippen LogP contribution is -2.29. The van der Waals surface area contributed by atoms with Gasteiger partial charge in [0.2, 0.25) is 0 Å². The summed E-state index contributed by atoms with van der Waals surface area (Å²) in [4.78, 5) is 12.3. The van der Waals surface area contributed by atoms with Gasteiger partial charge >= 0.3 is 0 Å². The summed E-state index contributed by atoms with van der Waals surface area (Å²) in [5.74, 6) is 0.461. The van der Waals surface area contributed by atoms with E-state index in [4.69, 9.17) is 4.74 Å². The first-order chi connectivity index (χ1) is 8.58. The van der Waals surface area contributed by atoms with Crippen molar-refractivity contribution in [3.05, 3.63) is 28.2 Å². The minimum absolute atomic E-state index is 0.111. The van der Waals surface area contributed by atoms with Crippen molar-refractivity contribution in [3.8, 4) is 5.75 Å². The Balaban J connectivity index is 2.66. The highest BCUT2D eigenvalue weighted by Crippen LogP contribution is 2.23. The number of hydrogen-bond donors (Lipinski definition) is 1. The Morgan fingerprint density at radius 2 is 2.22 bits per heavy atom. The number of benzene rings is 1. The van der Waals surface area contributed by atoms with Crippen LogP contribution in [0.15, 0.2) is 22.7 Å². The third-order valence-electron chi connectivity index (χ3n) is 2.49. The quantitative estimate of drug-likeness (QED) is 0.765. The molecular formula is C13H17Br2NO2. The summed E-state index contributed by atoms with van der Waals surface area (Å²) in [7, 11) is 1.56. The molecule has 0 heterocycles. The predicted octanol–water partition coefficient (Wildman–Crippen LogP) is 3.75. The summed E-state index contributed by atoms with van der Waals surface area (Å²) in [5.41, 5.74) is 0.553. The second-order valence-electron chi connectivity index (χ2n) is 3.94. The zero-order valence-corrected chi connectivity index (χ0v) is 13.7. The number of carbonyl (C=O) groups is 1. The summed E-state index contributed by atoms with van der Waals surface area (Å²) < 4.78 is 6.09. The number of halogens is 2. The van der Waals surface area contributed by atoms with Gasteiger partial charge in [0, 0.05) is 15.8 Å². The predicted molar refractivity (Wildman–Crippen MR) is 80.7 cm³/mol. The molecule has 1 unspecified atom stereocenters.